The molecule has 0 bridgehead atoms. The molecule has 2 rings (SSSR count). The van der Waals surface area contributed by atoms with Crippen molar-refractivity contribution in [3.63, 3.8) is 0 Å². The molecule has 1 aliphatic heterocycles. The molecule has 1 N–H and O–H groups in total. The first-order valence-electron chi connectivity index (χ1n) is 6.35. The van der Waals surface area contributed by atoms with Crippen LogP contribution in [0.25, 0.3) is 0 Å². The Bertz CT molecular complexity index is 503. The highest BCUT2D eigenvalue weighted by Gasteiger charge is 2.31. The zero-order chi connectivity index (χ0) is 14.0. The van der Waals surface area contributed by atoms with Crippen LogP contribution in [0.2, 0.25) is 0 Å². The van der Waals surface area contributed by atoms with E-state index >= 15 is 0 Å². The van der Waals surface area contributed by atoms with Crippen LogP contribution in [0.5, 0.6) is 0 Å². The van der Waals surface area contributed by atoms with Crippen molar-refractivity contribution in [2.45, 2.75) is 32.6 Å². The van der Waals surface area contributed by atoms with Gasteiger partial charge in [-0.3, -0.25) is 4.79 Å². The van der Waals surface area contributed by atoms with Crippen LogP contribution in [0, 0.1) is 17.4 Å². The predicted octanol–water partition coefficient (Wildman–Crippen LogP) is 1.40. The molecule has 0 radical (unpaired) electrons. The van der Waals surface area contributed by atoms with Crippen molar-refractivity contribution in [2.75, 3.05) is 18.0 Å². The second-order valence-corrected chi connectivity index (χ2v) is 5.76. The van der Waals surface area contributed by atoms with Gasteiger partial charge in [0.15, 0.2) is 12.0 Å². The molecule has 1 amide bonds. The average molecular weight is 262 g/mol. The van der Waals surface area contributed by atoms with Crippen molar-refractivity contribution in [1.82, 2.24) is 10.5 Å². The van der Waals surface area contributed by atoms with Crippen molar-refractivity contribution in [3.05, 3.63) is 11.8 Å². The van der Waals surface area contributed by atoms with E-state index in [9.17, 15) is 10.1 Å². The van der Waals surface area contributed by atoms with Gasteiger partial charge in [-0.25, -0.2) is 0 Å². The fourth-order valence-electron chi connectivity index (χ4n) is 1.99. The maximum Gasteiger partial charge on any atom is 0.246 e. The van der Waals surface area contributed by atoms with Crippen LogP contribution in [0.1, 0.15) is 33.0 Å². The molecule has 2 heterocycles. The molecule has 1 atom stereocenters. The number of aromatic nitrogens is 1. The second-order valence-electron chi connectivity index (χ2n) is 5.76. The summed E-state index contributed by atoms with van der Waals surface area (Å²) in [6.07, 6.45) is 2.64. The molecule has 0 aromatic carbocycles. The number of rotatable bonds is 2. The summed E-state index contributed by atoms with van der Waals surface area (Å²) in [5.74, 6) is 0.542. The Balaban J connectivity index is 2.20. The summed E-state index contributed by atoms with van der Waals surface area (Å²) in [5, 5.41) is 16.1. The SMILES string of the molecule is CC(C)(C)c1cc(N(C#N)C(=O)C2CCNC2)no1. The molecule has 1 aliphatic rings. The molecule has 0 aliphatic carbocycles. The Labute approximate surface area is 112 Å². The third-order valence-electron chi connectivity index (χ3n) is 3.20. The van der Waals surface area contributed by atoms with Crippen LogP contribution in [0.15, 0.2) is 10.6 Å². The topological polar surface area (TPSA) is 82.2 Å². The third kappa shape index (κ3) is 2.76. The standard InChI is InChI=1S/C13H18N4O2/c1-13(2,3)10-6-11(16-19-10)17(8-14)12(18)9-4-5-15-7-9/h6,9,15H,4-5,7H2,1-3H3. The van der Waals surface area contributed by atoms with E-state index in [2.05, 4.69) is 10.5 Å². The molecule has 6 heteroatoms. The lowest BCUT2D eigenvalue weighted by molar-refractivity contribution is -0.121. The van der Waals surface area contributed by atoms with Gasteiger partial charge in [0.25, 0.3) is 0 Å². The van der Waals surface area contributed by atoms with Gasteiger partial charge < -0.3 is 9.84 Å². The van der Waals surface area contributed by atoms with Gasteiger partial charge in [-0.05, 0) is 13.0 Å². The van der Waals surface area contributed by atoms with E-state index in [1.165, 1.54) is 0 Å². The first kappa shape index (κ1) is 13.6. The van der Waals surface area contributed by atoms with Gasteiger partial charge >= 0.3 is 0 Å². The molecule has 102 valence electrons. The molecular formula is C13H18N4O2. The zero-order valence-electron chi connectivity index (χ0n) is 11.4. The van der Waals surface area contributed by atoms with E-state index in [1.807, 2.05) is 27.0 Å². The van der Waals surface area contributed by atoms with E-state index in [4.69, 9.17) is 4.52 Å². The lowest BCUT2D eigenvalue weighted by Gasteiger charge is -2.14. The zero-order valence-corrected chi connectivity index (χ0v) is 11.4. The predicted molar refractivity (Wildman–Crippen MR) is 69.3 cm³/mol. The number of carbonyl (C=O) groups excluding carboxylic acids is 1. The summed E-state index contributed by atoms with van der Waals surface area (Å²) in [7, 11) is 0. The highest BCUT2D eigenvalue weighted by molar-refractivity contribution is 5.96. The van der Waals surface area contributed by atoms with Gasteiger partial charge in [-0.1, -0.05) is 25.9 Å². The number of hydrogen-bond acceptors (Lipinski definition) is 5. The summed E-state index contributed by atoms with van der Waals surface area (Å²) in [5.41, 5.74) is -0.204. The quantitative estimate of drug-likeness (QED) is 0.643. The fourth-order valence-corrected chi connectivity index (χ4v) is 1.99. The molecular weight excluding hydrogens is 244 g/mol. The molecule has 1 unspecified atom stereocenters. The minimum Gasteiger partial charge on any atom is -0.359 e. The van der Waals surface area contributed by atoms with Crippen LogP contribution in [0.3, 0.4) is 0 Å². The summed E-state index contributed by atoms with van der Waals surface area (Å²) < 4.78 is 5.21. The Hall–Kier alpha value is -1.87. The van der Waals surface area contributed by atoms with E-state index in [0.29, 0.717) is 12.3 Å². The Morgan fingerprint density at radius 2 is 2.37 bits per heavy atom. The molecule has 1 aromatic heterocycles. The average Bonchev–Trinajstić information content (AvgIpc) is 3.00. The first-order chi connectivity index (χ1) is 8.93. The normalized spacial score (nSPS) is 19.2. The number of amides is 1. The fraction of sp³-hybridized carbons (Fsp3) is 0.615. The van der Waals surface area contributed by atoms with Crippen LogP contribution in [0.4, 0.5) is 5.82 Å². The van der Waals surface area contributed by atoms with E-state index in [-0.39, 0.29) is 23.1 Å². The van der Waals surface area contributed by atoms with Gasteiger partial charge in [-0.15, -0.1) is 0 Å². The van der Waals surface area contributed by atoms with E-state index in [0.717, 1.165) is 17.9 Å². The van der Waals surface area contributed by atoms with Gasteiger partial charge in [0.2, 0.25) is 5.91 Å². The van der Waals surface area contributed by atoms with Crippen LogP contribution in [-0.2, 0) is 10.2 Å². The molecule has 0 saturated carbocycles. The number of nitriles is 1. The van der Waals surface area contributed by atoms with Gasteiger partial charge in [-0.2, -0.15) is 10.2 Å². The first-order valence-corrected chi connectivity index (χ1v) is 6.35. The smallest absolute Gasteiger partial charge is 0.246 e. The van der Waals surface area contributed by atoms with Crippen molar-refractivity contribution < 1.29 is 9.32 Å². The maximum absolute atomic E-state index is 12.2. The molecule has 1 saturated heterocycles. The summed E-state index contributed by atoms with van der Waals surface area (Å²) in [6, 6.07) is 1.66. The van der Waals surface area contributed by atoms with Crippen molar-refractivity contribution in [3.8, 4) is 6.19 Å². The monoisotopic (exact) mass is 262 g/mol. The van der Waals surface area contributed by atoms with Crippen LogP contribution >= 0.6 is 0 Å². The number of nitrogens with zero attached hydrogens (tertiary/aromatic N) is 3. The third-order valence-corrected chi connectivity index (χ3v) is 3.20. The largest absolute Gasteiger partial charge is 0.359 e. The Kier molecular flexibility index (Phi) is 3.58. The summed E-state index contributed by atoms with van der Waals surface area (Å²) in [4.78, 5) is 13.2. The van der Waals surface area contributed by atoms with Crippen molar-refractivity contribution in [1.29, 1.82) is 5.26 Å². The van der Waals surface area contributed by atoms with E-state index in [1.54, 1.807) is 6.07 Å². The highest BCUT2D eigenvalue weighted by Crippen LogP contribution is 2.27. The lowest BCUT2D eigenvalue weighted by Crippen LogP contribution is -2.33. The van der Waals surface area contributed by atoms with Gasteiger partial charge in [0.05, 0.1) is 5.92 Å². The summed E-state index contributed by atoms with van der Waals surface area (Å²) >= 11 is 0. The molecule has 19 heavy (non-hydrogen) atoms. The highest BCUT2D eigenvalue weighted by atomic mass is 16.5. The minimum atomic E-state index is -0.221. The molecule has 6 nitrogen and oxygen atoms in total. The van der Waals surface area contributed by atoms with E-state index < -0.39 is 0 Å². The number of nitrogens with one attached hydrogen (secondary N) is 1. The number of anilines is 1. The van der Waals surface area contributed by atoms with Crippen molar-refractivity contribution >= 4 is 11.7 Å². The van der Waals surface area contributed by atoms with Crippen LogP contribution < -0.4 is 10.2 Å². The number of hydrogen-bond donors (Lipinski definition) is 1. The number of carbonyl (C=O) groups is 1. The molecule has 0 spiro atoms. The summed E-state index contributed by atoms with van der Waals surface area (Å²) in [6.45, 7) is 7.37. The Morgan fingerprint density at radius 1 is 1.63 bits per heavy atom. The lowest BCUT2D eigenvalue weighted by atomic mass is 9.93. The van der Waals surface area contributed by atoms with Crippen molar-refractivity contribution in [2.24, 2.45) is 5.92 Å². The molecule has 1 fully saturated rings. The van der Waals surface area contributed by atoms with Gasteiger partial charge in [0, 0.05) is 18.0 Å². The van der Waals surface area contributed by atoms with Crippen LogP contribution in [-0.4, -0.2) is 24.2 Å². The Morgan fingerprint density at radius 3 is 2.84 bits per heavy atom. The minimum absolute atomic E-state index is 0.158. The second kappa shape index (κ2) is 5.02. The maximum atomic E-state index is 12.2. The van der Waals surface area contributed by atoms with Gasteiger partial charge in [0.1, 0.15) is 5.76 Å². The molecule has 1 aromatic rings.